The van der Waals surface area contributed by atoms with Gasteiger partial charge in [-0.2, -0.15) is 0 Å². The minimum absolute atomic E-state index is 0.0768. The predicted molar refractivity (Wildman–Crippen MR) is 192 cm³/mol. The number of rotatable bonds is 27. The van der Waals surface area contributed by atoms with E-state index in [-0.39, 0.29) is 42.5 Å². The second-order valence-electron chi connectivity index (χ2n) is 13.3. The summed E-state index contributed by atoms with van der Waals surface area (Å²) in [6.07, 6.45) is -0.521. The highest BCUT2D eigenvalue weighted by molar-refractivity contribution is 5.38. The van der Waals surface area contributed by atoms with Crippen LogP contribution < -0.4 is 9.47 Å². The molecule has 2 rings (SSSR count). The van der Waals surface area contributed by atoms with E-state index in [1.165, 1.54) is 11.1 Å². The van der Waals surface area contributed by atoms with Gasteiger partial charge in [0.25, 0.3) is 0 Å². The molecule has 0 bridgehead atoms. The molecule has 0 aliphatic rings. The van der Waals surface area contributed by atoms with Gasteiger partial charge in [0.1, 0.15) is 24.7 Å². The average molecular weight is 693 g/mol. The van der Waals surface area contributed by atoms with E-state index in [0.29, 0.717) is 52.9 Å². The zero-order valence-corrected chi connectivity index (χ0v) is 31.3. The smallest absolute Gasteiger partial charge is 0.119 e. The first-order valence-corrected chi connectivity index (χ1v) is 17.9. The first-order chi connectivity index (χ1) is 23.4. The third-order valence-corrected chi connectivity index (χ3v) is 7.65. The first-order valence-electron chi connectivity index (χ1n) is 17.9. The van der Waals surface area contributed by atoms with Crippen molar-refractivity contribution in [2.75, 3.05) is 52.9 Å². The second-order valence-corrected chi connectivity index (χ2v) is 13.3. The molecule has 0 aliphatic carbocycles. The van der Waals surface area contributed by atoms with Crippen molar-refractivity contribution in [3.8, 4) is 11.5 Å². The Morgan fingerprint density at radius 3 is 0.939 bits per heavy atom. The normalized spacial score (nSPS) is 17.4. The van der Waals surface area contributed by atoms with E-state index in [2.05, 4.69) is 31.2 Å². The molecule has 0 heterocycles. The van der Waals surface area contributed by atoms with Crippen LogP contribution in [-0.2, 0) is 28.4 Å². The van der Waals surface area contributed by atoms with Crippen LogP contribution in [0.3, 0.4) is 0 Å². The summed E-state index contributed by atoms with van der Waals surface area (Å²) in [4.78, 5) is 0. The van der Waals surface area contributed by atoms with E-state index in [1.54, 1.807) is 13.8 Å². The molecule has 0 aromatic heterocycles. The summed E-state index contributed by atoms with van der Waals surface area (Å²) in [5.41, 5.74) is 2.46. The fourth-order valence-electron chi connectivity index (χ4n) is 4.78. The molecule has 280 valence electrons. The zero-order chi connectivity index (χ0) is 36.2. The number of aliphatic hydroxyl groups is 2. The Kier molecular flexibility index (Phi) is 21.0. The maximum Gasteiger partial charge on any atom is 0.119 e. The summed E-state index contributed by atoms with van der Waals surface area (Å²) >= 11 is 0. The number of benzene rings is 2. The molecule has 0 spiro atoms. The molecule has 0 aliphatic heterocycles. The fraction of sp³-hybridized carbons (Fsp3) is 0.692. The third-order valence-electron chi connectivity index (χ3n) is 7.65. The minimum Gasteiger partial charge on any atom is -0.491 e. The van der Waals surface area contributed by atoms with Crippen LogP contribution >= 0.6 is 0 Å². The SMILES string of the molecule is CCC(c1ccc(OCC(C)OCC(C)OCC(C)OCC(C)O)cc1)c1ccc(OCC(C)OCC(C)OCC(C)OCC(C)O)cc1. The molecule has 2 N–H and O–H groups in total. The van der Waals surface area contributed by atoms with E-state index < -0.39 is 12.2 Å². The van der Waals surface area contributed by atoms with E-state index in [4.69, 9.17) is 37.9 Å². The third kappa shape index (κ3) is 19.1. The van der Waals surface area contributed by atoms with Crippen molar-refractivity contribution in [3.05, 3.63) is 59.7 Å². The topological polar surface area (TPSA) is 114 Å². The maximum atomic E-state index is 9.33. The molecule has 0 saturated heterocycles. The van der Waals surface area contributed by atoms with Gasteiger partial charge in [-0.1, -0.05) is 31.2 Å². The van der Waals surface area contributed by atoms with Crippen molar-refractivity contribution in [3.63, 3.8) is 0 Å². The van der Waals surface area contributed by atoms with Crippen LogP contribution in [0.25, 0.3) is 0 Å². The van der Waals surface area contributed by atoms with Gasteiger partial charge in [0.2, 0.25) is 0 Å². The lowest BCUT2D eigenvalue weighted by Gasteiger charge is -2.21. The standard InChI is InChI=1S/C39H64O10/c1-10-39(35-11-15-37(16-12-35)48-25-33(8)46-23-31(6)44-21-29(4)42-19-27(2)40)36-13-17-38(18-14-36)49-26-34(9)47-24-32(7)45-22-30(5)43-20-28(3)41/h11-18,27-34,39-41H,10,19-26H2,1-9H3. The monoisotopic (exact) mass is 692 g/mol. The van der Waals surface area contributed by atoms with Gasteiger partial charge in [0.05, 0.1) is 88.5 Å². The highest BCUT2D eigenvalue weighted by Gasteiger charge is 2.15. The van der Waals surface area contributed by atoms with Crippen LogP contribution in [-0.4, -0.2) is 112 Å². The summed E-state index contributed by atoms with van der Waals surface area (Å²) in [6.45, 7) is 20.6. The Morgan fingerprint density at radius 2 is 0.673 bits per heavy atom. The van der Waals surface area contributed by atoms with Crippen molar-refractivity contribution >= 4 is 0 Å². The van der Waals surface area contributed by atoms with Crippen LogP contribution in [0.2, 0.25) is 0 Å². The maximum absolute atomic E-state index is 9.33. The molecular formula is C39H64O10. The molecule has 0 fully saturated rings. The van der Waals surface area contributed by atoms with Crippen LogP contribution in [0.4, 0.5) is 0 Å². The molecule has 0 radical (unpaired) electrons. The van der Waals surface area contributed by atoms with Crippen molar-refractivity contribution in [2.45, 2.75) is 123 Å². The predicted octanol–water partition coefficient (Wildman–Crippen LogP) is 6.18. The lowest BCUT2D eigenvalue weighted by atomic mass is 9.89. The van der Waals surface area contributed by atoms with E-state index in [9.17, 15) is 10.2 Å². The Morgan fingerprint density at radius 1 is 0.408 bits per heavy atom. The van der Waals surface area contributed by atoms with Gasteiger partial charge in [-0.15, -0.1) is 0 Å². The molecule has 0 saturated carbocycles. The molecule has 10 heteroatoms. The van der Waals surface area contributed by atoms with Crippen LogP contribution in [0.15, 0.2) is 48.5 Å². The van der Waals surface area contributed by atoms with Gasteiger partial charge in [-0.3, -0.25) is 0 Å². The Hall–Kier alpha value is -2.28. The Labute approximate surface area is 295 Å². The largest absolute Gasteiger partial charge is 0.491 e. The van der Waals surface area contributed by atoms with Gasteiger partial charge in [0, 0.05) is 5.92 Å². The van der Waals surface area contributed by atoms with Crippen LogP contribution in [0.1, 0.15) is 85.8 Å². The van der Waals surface area contributed by atoms with Crippen LogP contribution in [0.5, 0.6) is 11.5 Å². The highest BCUT2D eigenvalue weighted by atomic mass is 16.6. The molecular weight excluding hydrogens is 628 g/mol. The average Bonchev–Trinajstić information content (AvgIpc) is 3.09. The van der Waals surface area contributed by atoms with Crippen LogP contribution in [0, 0.1) is 0 Å². The van der Waals surface area contributed by atoms with Crippen molar-refractivity contribution in [1.29, 1.82) is 0 Å². The number of aliphatic hydroxyl groups excluding tert-OH is 2. The van der Waals surface area contributed by atoms with Gasteiger partial charge >= 0.3 is 0 Å². The lowest BCUT2D eigenvalue weighted by molar-refractivity contribution is -0.0814. The summed E-state index contributed by atoms with van der Waals surface area (Å²) in [7, 11) is 0. The molecule has 0 amide bonds. The van der Waals surface area contributed by atoms with Crippen molar-refractivity contribution in [1.82, 2.24) is 0 Å². The Bertz CT molecular complexity index is 1010. The van der Waals surface area contributed by atoms with E-state index in [1.807, 2.05) is 65.8 Å². The highest BCUT2D eigenvalue weighted by Crippen LogP contribution is 2.30. The Balaban J connectivity index is 1.71. The molecule has 49 heavy (non-hydrogen) atoms. The molecule has 8 atom stereocenters. The van der Waals surface area contributed by atoms with E-state index >= 15 is 0 Å². The van der Waals surface area contributed by atoms with Crippen molar-refractivity contribution < 1.29 is 48.1 Å². The van der Waals surface area contributed by atoms with Gasteiger partial charge in [0.15, 0.2) is 0 Å². The summed E-state index contributed by atoms with van der Waals surface area (Å²) < 4.78 is 46.5. The lowest BCUT2D eigenvalue weighted by Crippen LogP contribution is -2.28. The molecule has 8 unspecified atom stereocenters. The summed E-state index contributed by atoms with van der Waals surface area (Å²) in [5, 5.41) is 18.7. The molecule has 10 nitrogen and oxygen atoms in total. The fourth-order valence-corrected chi connectivity index (χ4v) is 4.78. The quantitative estimate of drug-likeness (QED) is 0.113. The zero-order valence-electron chi connectivity index (χ0n) is 31.3. The van der Waals surface area contributed by atoms with Crippen molar-refractivity contribution in [2.24, 2.45) is 0 Å². The van der Waals surface area contributed by atoms with Gasteiger partial charge in [-0.25, -0.2) is 0 Å². The summed E-state index contributed by atoms with van der Waals surface area (Å²) in [6, 6.07) is 16.6. The molecule has 2 aromatic rings. The minimum atomic E-state index is -0.486. The first kappa shape index (κ1) is 42.9. The number of hydrogen-bond acceptors (Lipinski definition) is 10. The van der Waals surface area contributed by atoms with Gasteiger partial charge < -0.3 is 48.1 Å². The number of hydrogen-bond donors (Lipinski definition) is 2. The summed E-state index contributed by atoms with van der Waals surface area (Å²) in [5.74, 6) is 1.87. The second kappa shape index (κ2) is 24.0. The van der Waals surface area contributed by atoms with E-state index in [0.717, 1.165) is 17.9 Å². The number of ether oxygens (including phenoxy) is 8. The van der Waals surface area contributed by atoms with Gasteiger partial charge in [-0.05, 0) is 97.2 Å². The molecule has 2 aromatic carbocycles.